The lowest BCUT2D eigenvalue weighted by atomic mass is 10.1. The first-order valence-electron chi connectivity index (χ1n) is 6.63. The van der Waals surface area contributed by atoms with E-state index in [1.165, 1.54) is 24.1 Å². The maximum atomic E-state index is 4.29. The molecule has 1 saturated carbocycles. The highest BCUT2D eigenvalue weighted by molar-refractivity contribution is 5.20. The highest BCUT2D eigenvalue weighted by Crippen LogP contribution is 2.22. The van der Waals surface area contributed by atoms with Crippen molar-refractivity contribution in [1.82, 2.24) is 14.9 Å². The topological polar surface area (TPSA) is 29.9 Å². The number of nitrogens with one attached hydrogen (secondary N) is 1. The summed E-state index contributed by atoms with van der Waals surface area (Å²) < 4.78 is 2.25. The van der Waals surface area contributed by atoms with Crippen LogP contribution in [-0.2, 0) is 6.54 Å². The standard InChI is InChI=1S/C15H19N3/c1-12(13-5-3-2-4-6-13)18-11-16-9-15(18)10-17-14-7-8-14/h2-6,9,11-12,14,17H,7-8,10H2,1H3. The van der Waals surface area contributed by atoms with Crippen molar-refractivity contribution in [2.24, 2.45) is 0 Å². The van der Waals surface area contributed by atoms with E-state index in [0.717, 1.165) is 12.6 Å². The predicted molar refractivity (Wildman–Crippen MR) is 72.3 cm³/mol. The Bertz CT molecular complexity index is 499. The van der Waals surface area contributed by atoms with Crippen LogP contribution in [-0.4, -0.2) is 15.6 Å². The van der Waals surface area contributed by atoms with E-state index < -0.39 is 0 Å². The maximum absolute atomic E-state index is 4.29. The average Bonchev–Trinajstić information content (AvgIpc) is 3.14. The third-order valence-electron chi connectivity index (χ3n) is 3.59. The highest BCUT2D eigenvalue weighted by Gasteiger charge is 2.21. The number of nitrogens with zero attached hydrogens (tertiary/aromatic N) is 2. The minimum absolute atomic E-state index is 0.338. The number of rotatable bonds is 5. The van der Waals surface area contributed by atoms with Crippen LogP contribution in [0.15, 0.2) is 42.9 Å². The number of imidazole rings is 1. The van der Waals surface area contributed by atoms with Gasteiger partial charge in [0.25, 0.3) is 0 Å². The van der Waals surface area contributed by atoms with Gasteiger partial charge < -0.3 is 9.88 Å². The fourth-order valence-electron chi connectivity index (χ4n) is 2.25. The summed E-state index contributed by atoms with van der Waals surface area (Å²) in [5.74, 6) is 0. The molecular weight excluding hydrogens is 222 g/mol. The van der Waals surface area contributed by atoms with Gasteiger partial charge in [-0.15, -0.1) is 0 Å². The quantitative estimate of drug-likeness (QED) is 0.872. The van der Waals surface area contributed by atoms with Crippen molar-refractivity contribution in [3.63, 3.8) is 0 Å². The second-order valence-electron chi connectivity index (χ2n) is 5.03. The van der Waals surface area contributed by atoms with Crippen molar-refractivity contribution in [2.45, 2.75) is 38.4 Å². The minimum atomic E-state index is 0.338. The molecule has 1 aromatic carbocycles. The molecule has 0 saturated heterocycles. The van der Waals surface area contributed by atoms with E-state index in [4.69, 9.17) is 0 Å². The van der Waals surface area contributed by atoms with E-state index >= 15 is 0 Å². The molecule has 0 amide bonds. The molecule has 3 heteroatoms. The van der Waals surface area contributed by atoms with Crippen molar-refractivity contribution >= 4 is 0 Å². The molecule has 1 fully saturated rings. The average molecular weight is 241 g/mol. The molecule has 2 aromatic rings. The second-order valence-corrected chi connectivity index (χ2v) is 5.03. The zero-order valence-corrected chi connectivity index (χ0v) is 10.7. The third-order valence-corrected chi connectivity index (χ3v) is 3.59. The van der Waals surface area contributed by atoms with Crippen LogP contribution in [0.5, 0.6) is 0 Å². The van der Waals surface area contributed by atoms with Crippen molar-refractivity contribution in [3.05, 3.63) is 54.1 Å². The number of benzene rings is 1. The van der Waals surface area contributed by atoms with Crippen molar-refractivity contribution in [2.75, 3.05) is 0 Å². The van der Waals surface area contributed by atoms with Gasteiger partial charge in [-0.25, -0.2) is 4.98 Å². The molecule has 94 valence electrons. The molecule has 0 aliphatic heterocycles. The van der Waals surface area contributed by atoms with Crippen molar-refractivity contribution < 1.29 is 0 Å². The van der Waals surface area contributed by atoms with Crippen LogP contribution in [0.4, 0.5) is 0 Å². The fraction of sp³-hybridized carbons (Fsp3) is 0.400. The number of hydrogen-bond acceptors (Lipinski definition) is 2. The van der Waals surface area contributed by atoms with Gasteiger partial charge >= 0.3 is 0 Å². The zero-order valence-electron chi connectivity index (χ0n) is 10.7. The molecule has 1 aromatic heterocycles. The van der Waals surface area contributed by atoms with E-state index in [0.29, 0.717) is 6.04 Å². The van der Waals surface area contributed by atoms with Crippen LogP contribution in [0.2, 0.25) is 0 Å². The first-order valence-corrected chi connectivity index (χ1v) is 6.63. The molecule has 1 N–H and O–H groups in total. The highest BCUT2D eigenvalue weighted by atomic mass is 15.1. The summed E-state index contributed by atoms with van der Waals surface area (Å²) in [5.41, 5.74) is 2.58. The van der Waals surface area contributed by atoms with Gasteiger partial charge in [-0.1, -0.05) is 30.3 Å². The Labute approximate surface area is 108 Å². The molecule has 0 spiro atoms. The van der Waals surface area contributed by atoms with Crippen LogP contribution < -0.4 is 5.32 Å². The zero-order chi connectivity index (χ0) is 12.4. The molecule has 0 bridgehead atoms. The SMILES string of the molecule is CC(c1ccccc1)n1cncc1CNC1CC1. The molecule has 3 rings (SSSR count). The molecule has 1 heterocycles. The number of aromatic nitrogens is 2. The first kappa shape index (κ1) is 11.5. The van der Waals surface area contributed by atoms with Gasteiger partial charge in [-0.2, -0.15) is 0 Å². The summed E-state index contributed by atoms with van der Waals surface area (Å²) in [4.78, 5) is 4.29. The van der Waals surface area contributed by atoms with Gasteiger partial charge in [0, 0.05) is 18.8 Å². The third kappa shape index (κ3) is 2.46. The van der Waals surface area contributed by atoms with Crippen LogP contribution in [0, 0.1) is 0 Å². The van der Waals surface area contributed by atoms with E-state index in [9.17, 15) is 0 Å². The van der Waals surface area contributed by atoms with Gasteiger partial charge in [0.1, 0.15) is 0 Å². The summed E-state index contributed by atoms with van der Waals surface area (Å²) in [6, 6.07) is 11.6. The van der Waals surface area contributed by atoms with Crippen LogP contribution in [0.25, 0.3) is 0 Å². The van der Waals surface area contributed by atoms with Crippen molar-refractivity contribution in [1.29, 1.82) is 0 Å². The Kier molecular flexibility index (Phi) is 3.15. The normalized spacial score (nSPS) is 16.7. The molecular formula is C15H19N3. The lowest BCUT2D eigenvalue weighted by molar-refractivity contribution is 0.574. The summed E-state index contributed by atoms with van der Waals surface area (Å²) in [6.45, 7) is 3.14. The van der Waals surface area contributed by atoms with E-state index in [2.05, 4.69) is 52.1 Å². The van der Waals surface area contributed by atoms with Crippen LogP contribution >= 0.6 is 0 Å². The Morgan fingerprint density at radius 2 is 2.11 bits per heavy atom. The van der Waals surface area contributed by atoms with E-state index in [1.807, 2.05) is 12.5 Å². The summed E-state index contributed by atoms with van der Waals surface area (Å²) in [5, 5.41) is 3.54. The van der Waals surface area contributed by atoms with E-state index in [1.54, 1.807) is 0 Å². The Morgan fingerprint density at radius 1 is 1.33 bits per heavy atom. The van der Waals surface area contributed by atoms with Crippen LogP contribution in [0.3, 0.4) is 0 Å². The lowest BCUT2D eigenvalue weighted by Gasteiger charge is -2.17. The van der Waals surface area contributed by atoms with E-state index in [-0.39, 0.29) is 0 Å². The second kappa shape index (κ2) is 4.94. The summed E-state index contributed by atoms with van der Waals surface area (Å²) in [7, 11) is 0. The number of hydrogen-bond donors (Lipinski definition) is 1. The summed E-state index contributed by atoms with van der Waals surface area (Å²) in [6.07, 6.45) is 6.54. The molecule has 1 unspecified atom stereocenters. The van der Waals surface area contributed by atoms with Gasteiger partial charge in [0.15, 0.2) is 0 Å². The Morgan fingerprint density at radius 3 is 2.83 bits per heavy atom. The minimum Gasteiger partial charge on any atom is -0.326 e. The Hall–Kier alpha value is -1.61. The lowest BCUT2D eigenvalue weighted by Crippen LogP contribution is -2.19. The van der Waals surface area contributed by atoms with Gasteiger partial charge in [0.2, 0.25) is 0 Å². The molecule has 1 aliphatic carbocycles. The monoisotopic (exact) mass is 241 g/mol. The summed E-state index contributed by atoms with van der Waals surface area (Å²) >= 11 is 0. The van der Waals surface area contributed by atoms with Crippen LogP contribution in [0.1, 0.15) is 37.1 Å². The smallest absolute Gasteiger partial charge is 0.0954 e. The van der Waals surface area contributed by atoms with Gasteiger partial charge in [-0.3, -0.25) is 0 Å². The maximum Gasteiger partial charge on any atom is 0.0954 e. The molecule has 18 heavy (non-hydrogen) atoms. The fourth-order valence-corrected chi connectivity index (χ4v) is 2.25. The molecule has 1 atom stereocenters. The first-order chi connectivity index (χ1) is 8.84. The van der Waals surface area contributed by atoms with Crippen molar-refractivity contribution in [3.8, 4) is 0 Å². The Balaban J connectivity index is 1.76. The van der Waals surface area contributed by atoms with Gasteiger partial charge in [-0.05, 0) is 25.3 Å². The molecule has 0 radical (unpaired) electrons. The predicted octanol–water partition coefficient (Wildman–Crippen LogP) is 2.74. The molecule has 1 aliphatic rings. The largest absolute Gasteiger partial charge is 0.326 e. The van der Waals surface area contributed by atoms with Gasteiger partial charge in [0.05, 0.1) is 18.1 Å². The molecule has 3 nitrogen and oxygen atoms in total.